The molecule has 2 N–H and O–H groups in total. The molecule has 2 unspecified atom stereocenters. The minimum absolute atomic E-state index is 0.0768. The minimum atomic E-state index is -0.245. The van der Waals surface area contributed by atoms with Crippen LogP contribution in [-0.4, -0.2) is 22.4 Å². The topological polar surface area (TPSA) is 49.3 Å². The van der Waals surface area contributed by atoms with E-state index in [0.29, 0.717) is 22.3 Å². The molecule has 2 atom stereocenters. The van der Waals surface area contributed by atoms with E-state index in [-0.39, 0.29) is 17.2 Å². The van der Waals surface area contributed by atoms with Crippen LogP contribution in [0.1, 0.15) is 36.0 Å². The largest absolute Gasteiger partial charge is 0.507 e. The van der Waals surface area contributed by atoms with Gasteiger partial charge >= 0.3 is 0 Å². The smallest absolute Gasteiger partial charge is 0.255 e. The fourth-order valence-corrected chi connectivity index (χ4v) is 3.46. The van der Waals surface area contributed by atoms with Crippen LogP contribution in [0.15, 0.2) is 18.2 Å². The van der Waals surface area contributed by atoms with E-state index in [0.717, 1.165) is 12.8 Å². The average Bonchev–Trinajstić information content (AvgIpc) is 2.36. The standard InChI is InChI=1S/C14H17BrClNO2/c15-10-3-1-2-9(6-10)8-17-14(19)12-5-4-11(16)7-13(12)18/h4-5,7,9-10,18H,1-3,6,8H2,(H,17,19). The highest BCUT2D eigenvalue weighted by Crippen LogP contribution is 2.28. The van der Waals surface area contributed by atoms with E-state index in [4.69, 9.17) is 11.6 Å². The van der Waals surface area contributed by atoms with Crippen molar-refractivity contribution < 1.29 is 9.90 Å². The zero-order valence-electron chi connectivity index (χ0n) is 10.5. The molecule has 0 saturated heterocycles. The van der Waals surface area contributed by atoms with Crippen molar-refractivity contribution in [2.45, 2.75) is 30.5 Å². The van der Waals surface area contributed by atoms with Gasteiger partial charge in [-0.1, -0.05) is 34.0 Å². The van der Waals surface area contributed by atoms with Crippen LogP contribution in [0.3, 0.4) is 0 Å². The number of aromatic hydroxyl groups is 1. The zero-order valence-corrected chi connectivity index (χ0v) is 12.9. The van der Waals surface area contributed by atoms with Crippen molar-refractivity contribution in [3.63, 3.8) is 0 Å². The van der Waals surface area contributed by atoms with E-state index in [1.807, 2.05) is 0 Å². The second-order valence-corrected chi connectivity index (χ2v) is 6.73. The molecule has 0 radical (unpaired) electrons. The summed E-state index contributed by atoms with van der Waals surface area (Å²) in [6.45, 7) is 0.656. The Bertz CT molecular complexity index is 467. The summed E-state index contributed by atoms with van der Waals surface area (Å²) >= 11 is 9.37. The highest BCUT2D eigenvalue weighted by atomic mass is 79.9. The SMILES string of the molecule is O=C(NCC1CCCC(Br)C1)c1ccc(Cl)cc1O. The number of phenols is 1. The predicted octanol–water partition coefficient (Wildman–Crippen LogP) is 3.73. The first kappa shape index (κ1) is 14.7. The Hall–Kier alpha value is -0.740. The molecule has 0 aromatic heterocycles. The summed E-state index contributed by atoms with van der Waals surface area (Å²) in [6.07, 6.45) is 4.65. The molecule has 1 aliphatic rings. The number of hydrogen-bond donors (Lipinski definition) is 2. The molecule has 1 saturated carbocycles. The van der Waals surface area contributed by atoms with Gasteiger partial charge in [-0.3, -0.25) is 4.79 Å². The van der Waals surface area contributed by atoms with Gasteiger partial charge in [0.25, 0.3) is 5.91 Å². The Labute approximate surface area is 126 Å². The van der Waals surface area contributed by atoms with Crippen LogP contribution >= 0.6 is 27.5 Å². The maximum atomic E-state index is 12.0. The fourth-order valence-electron chi connectivity index (χ4n) is 2.44. The van der Waals surface area contributed by atoms with Crippen LogP contribution in [0.5, 0.6) is 5.75 Å². The Morgan fingerprint density at radius 1 is 1.47 bits per heavy atom. The van der Waals surface area contributed by atoms with Crippen LogP contribution in [-0.2, 0) is 0 Å². The van der Waals surface area contributed by atoms with Crippen molar-refractivity contribution in [3.8, 4) is 5.75 Å². The van der Waals surface area contributed by atoms with Crippen molar-refractivity contribution in [2.24, 2.45) is 5.92 Å². The third kappa shape index (κ3) is 4.11. The summed E-state index contributed by atoms with van der Waals surface area (Å²) in [5.74, 6) is 0.189. The quantitative estimate of drug-likeness (QED) is 0.819. The summed E-state index contributed by atoms with van der Waals surface area (Å²) in [5.41, 5.74) is 0.274. The fraction of sp³-hybridized carbons (Fsp3) is 0.500. The van der Waals surface area contributed by atoms with Gasteiger partial charge in [0.2, 0.25) is 0 Å². The number of phenolic OH excluding ortho intramolecular Hbond substituents is 1. The van der Waals surface area contributed by atoms with Crippen LogP contribution in [0.2, 0.25) is 5.02 Å². The summed E-state index contributed by atoms with van der Waals surface area (Å²) in [6, 6.07) is 4.53. The number of rotatable bonds is 3. The monoisotopic (exact) mass is 345 g/mol. The molecule has 0 heterocycles. The molecule has 3 nitrogen and oxygen atoms in total. The van der Waals surface area contributed by atoms with Crippen LogP contribution in [0.4, 0.5) is 0 Å². The molecule has 2 rings (SSSR count). The van der Waals surface area contributed by atoms with Crippen molar-refractivity contribution in [3.05, 3.63) is 28.8 Å². The lowest BCUT2D eigenvalue weighted by Gasteiger charge is -2.25. The molecule has 1 amide bonds. The van der Waals surface area contributed by atoms with E-state index >= 15 is 0 Å². The maximum Gasteiger partial charge on any atom is 0.255 e. The molecule has 5 heteroatoms. The molecule has 1 fully saturated rings. The van der Waals surface area contributed by atoms with Crippen molar-refractivity contribution in [1.29, 1.82) is 0 Å². The molecule has 0 bridgehead atoms. The first-order valence-corrected chi connectivity index (χ1v) is 7.76. The van der Waals surface area contributed by atoms with Crippen molar-refractivity contribution in [1.82, 2.24) is 5.32 Å². The predicted molar refractivity (Wildman–Crippen MR) is 80.1 cm³/mol. The first-order chi connectivity index (χ1) is 9.06. The number of carbonyl (C=O) groups is 1. The Balaban J connectivity index is 1.90. The summed E-state index contributed by atoms with van der Waals surface area (Å²) < 4.78 is 0. The number of alkyl halides is 1. The number of hydrogen-bond acceptors (Lipinski definition) is 2. The van der Waals surface area contributed by atoms with Crippen LogP contribution < -0.4 is 5.32 Å². The molecule has 1 aliphatic carbocycles. The molecule has 19 heavy (non-hydrogen) atoms. The molecular weight excluding hydrogens is 330 g/mol. The molecule has 1 aromatic rings. The lowest BCUT2D eigenvalue weighted by Crippen LogP contribution is -2.32. The van der Waals surface area contributed by atoms with E-state index in [1.165, 1.54) is 18.9 Å². The second-order valence-electron chi connectivity index (χ2n) is 5.00. The van der Waals surface area contributed by atoms with Gasteiger partial charge in [0.05, 0.1) is 5.56 Å². The molecule has 0 aliphatic heterocycles. The van der Waals surface area contributed by atoms with Gasteiger partial charge in [-0.15, -0.1) is 0 Å². The molecule has 0 spiro atoms. The lowest BCUT2D eigenvalue weighted by molar-refractivity contribution is 0.0941. The van der Waals surface area contributed by atoms with Crippen molar-refractivity contribution in [2.75, 3.05) is 6.54 Å². The normalized spacial score (nSPS) is 23.1. The van der Waals surface area contributed by atoms with Gasteiger partial charge in [0.15, 0.2) is 0 Å². The summed E-state index contributed by atoms with van der Waals surface area (Å²) in [7, 11) is 0. The molecule has 1 aromatic carbocycles. The lowest BCUT2D eigenvalue weighted by atomic mass is 9.89. The van der Waals surface area contributed by atoms with E-state index in [2.05, 4.69) is 21.2 Å². The highest BCUT2D eigenvalue weighted by Gasteiger charge is 2.21. The third-order valence-electron chi connectivity index (χ3n) is 3.47. The van der Waals surface area contributed by atoms with Gasteiger partial charge in [0.1, 0.15) is 5.75 Å². The van der Waals surface area contributed by atoms with Gasteiger partial charge in [-0.25, -0.2) is 0 Å². The Kier molecular flexibility index (Phi) is 5.11. The number of halogens is 2. The van der Waals surface area contributed by atoms with E-state index in [1.54, 1.807) is 12.1 Å². The van der Waals surface area contributed by atoms with Crippen LogP contribution in [0.25, 0.3) is 0 Å². The first-order valence-electron chi connectivity index (χ1n) is 6.47. The highest BCUT2D eigenvalue weighted by molar-refractivity contribution is 9.09. The average molecular weight is 347 g/mol. The Morgan fingerprint density at radius 2 is 2.26 bits per heavy atom. The number of nitrogens with one attached hydrogen (secondary N) is 1. The van der Waals surface area contributed by atoms with Crippen molar-refractivity contribution >= 4 is 33.4 Å². The summed E-state index contributed by atoms with van der Waals surface area (Å²) in [5, 5.41) is 13.0. The number of carbonyl (C=O) groups excluding carboxylic acids is 1. The summed E-state index contributed by atoms with van der Waals surface area (Å²) in [4.78, 5) is 12.5. The molecule has 104 valence electrons. The van der Waals surface area contributed by atoms with Gasteiger partial charge in [-0.2, -0.15) is 0 Å². The van der Waals surface area contributed by atoms with E-state index in [9.17, 15) is 9.90 Å². The number of amides is 1. The molecular formula is C14H17BrClNO2. The van der Waals surface area contributed by atoms with E-state index < -0.39 is 0 Å². The second kappa shape index (κ2) is 6.62. The van der Waals surface area contributed by atoms with Gasteiger partial charge in [0, 0.05) is 16.4 Å². The zero-order chi connectivity index (χ0) is 13.8. The van der Waals surface area contributed by atoms with Gasteiger partial charge in [-0.05, 0) is 43.4 Å². The number of benzene rings is 1. The third-order valence-corrected chi connectivity index (χ3v) is 4.54. The van der Waals surface area contributed by atoms with Crippen LogP contribution in [0, 0.1) is 5.92 Å². The maximum absolute atomic E-state index is 12.0. The van der Waals surface area contributed by atoms with Gasteiger partial charge < -0.3 is 10.4 Å². The minimum Gasteiger partial charge on any atom is -0.507 e. The Morgan fingerprint density at radius 3 is 2.95 bits per heavy atom.